The molecule has 3 aromatic carbocycles. The van der Waals surface area contributed by atoms with Gasteiger partial charge in [-0.2, -0.15) is 0 Å². The minimum absolute atomic E-state index is 0.169. The Balaban J connectivity index is 1.55. The van der Waals surface area contributed by atoms with Gasteiger partial charge in [-0.1, -0.05) is 77.0 Å². The number of hydrogen-bond donors (Lipinski definition) is 0. The van der Waals surface area contributed by atoms with Crippen molar-refractivity contribution in [1.82, 2.24) is 4.57 Å². The van der Waals surface area contributed by atoms with Crippen LogP contribution in [0.2, 0.25) is 10.0 Å². The fraction of sp³-hybridized carbons (Fsp3) is 0.121. The molecule has 10 heteroatoms. The second kappa shape index (κ2) is 12.1. The lowest BCUT2D eigenvalue weighted by Gasteiger charge is -2.26. The maximum Gasteiger partial charge on any atom is 0.338 e. The number of aromatic nitrogens is 1. The molecule has 2 aromatic heterocycles. The van der Waals surface area contributed by atoms with Crippen LogP contribution in [-0.4, -0.2) is 24.3 Å². The smallest absolute Gasteiger partial charge is 0.338 e. The summed E-state index contributed by atoms with van der Waals surface area (Å²) in [6, 6.07) is 24.6. The summed E-state index contributed by atoms with van der Waals surface area (Å²) in [6.07, 6.45) is 1.67. The molecule has 0 N–H and O–H groups in total. The monoisotopic (exact) mass is 630 g/mol. The number of nitrogens with zero attached hydrogens (tertiary/aromatic N) is 2. The van der Waals surface area contributed by atoms with E-state index in [1.807, 2.05) is 42.5 Å². The molecule has 0 radical (unpaired) electrons. The van der Waals surface area contributed by atoms with Crippen LogP contribution >= 0.6 is 34.5 Å². The lowest BCUT2D eigenvalue weighted by Crippen LogP contribution is -2.40. The Labute approximate surface area is 260 Å². The number of benzene rings is 3. The van der Waals surface area contributed by atoms with E-state index in [1.54, 1.807) is 62.6 Å². The third-order valence-electron chi connectivity index (χ3n) is 6.90. The number of carbonyl (C=O) groups is 1. The summed E-state index contributed by atoms with van der Waals surface area (Å²) in [4.78, 5) is 32.9. The molecule has 0 saturated heterocycles. The molecule has 0 aliphatic carbocycles. The normalized spacial score (nSPS) is 14.8. The van der Waals surface area contributed by atoms with E-state index in [1.165, 1.54) is 15.9 Å². The van der Waals surface area contributed by atoms with Gasteiger partial charge in [-0.05, 0) is 55.0 Å². The fourth-order valence-electron chi connectivity index (χ4n) is 4.94. The molecule has 1 aliphatic rings. The zero-order chi connectivity index (χ0) is 30.1. The van der Waals surface area contributed by atoms with E-state index >= 15 is 0 Å². The lowest BCUT2D eigenvalue weighted by molar-refractivity contribution is -0.138. The van der Waals surface area contributed by atoms with E-state index in [2.05, 4.69) is 0 Å². The highest BCUT2D eigenvalue weighted by molar-refractivity contribution is 7.07. The zero-order valence-electron chi connectivity index (χ0n) is 23.0. The van der Waals surface area contributed by atoms with Gasteiger partial charge in [0.2, 0.25) is 0 Å². The third kappa shape index (κ3) is 5.57. The molecule has 5 aromatic rings. The SMILES string of the molecule is CCOC(=O)C1=C(c2ccccc2)N=c2s/c(=C\c3ccc(-c4ccc(Cl)cc4Cl)o3)c(=O)n2C1c1ccc(OC)cc1. The van der Waals surface area contributed by atoms with Crippen LogP contribution < -0.4 is 19.6 Å². The van der Waals surface area contributed by atoms with Crippen molar-refractivity contribution in [2.24, 2.45) is 4.99 Å². The van der Waals surface area contributed by atoms with Gasteiger partial charge in [0.05, 0.1) is 40.6 Å². The number of rotatable bonds is 7. The highest BCUT2D eigenvalue weighted by atomic mass is 35.5. The van der Waals surface area contributed by atoms with E-state index in [0.717, 1.165) is 5.56 Å². The van der Waals surface area contributed by atoms with Crippen molar-refractivity contribution >= 4 is 52.3 Å². The summed E-state index contributed by atoms with van der Waals surface area (Å²) in [7, 11) is 1.58. The average molecular weight is 632 g/mol. The van der Waals surface area contributed by atoms with E-state index in [0.29, 0.717) is 53.5 Å². The fourth-order valence-corrected chi connectivity index (χ4v) is 6.42. The Morgan fingerprint density at radius 3 is 2.51 bits per heavy atom. The minimum atomic E-state index is -0.793. The number of fused-ring (bicyclic) bond motifs is 1. The summed E-state index contributed by atoms with van der Waals surface area (Å²) in [5, 5.41) is 0.970. The van der Waals surface area contributed by atoms with Gasteiger partial charge in [-0.25, -0.2) is 9.79 Å². The number of thiazole rings is 1. The second-order valence-corrected chi connectivity index (χ2v) is 11.4. The Bertz CT molecular complexity index is 2040. The first-order valence-electron chi connectivity index (χ1n) is 13.4. The predicted molar refractivity (Wildman–Crippen MR) is 168 cm³/mol. The topological polar surface area (TPSA) is 83.0 Å². The number of ether oxygens (including phenoxy) is 2. The Morgan fingerprint density at radius 2 is 1.81 bits per heavy atom. The molecule has 0 bridgehead atoms. The molecule has 0 spiro atoms. The largest absolute Gasteiger partial charge is 0.497 e. The molecule has 1 unspecified atom stereocenters. The zero-order valence-corrected chi connectivity index (χ0v) is 25.4. The number of esters is 1. The van der Waals surface area contributed by atoms with Gasteiger partial charge in [0, 0.05) is 22.2 Å². The Morgan fingerprint density at radius 1 is 1.05 bits per heavy atom. The highest BCUT2D eigenvalue weighted by Crippen LogP contribution is 2.36. The van der Waals surface area contributed by atoms with E-state index < -0.39 is 12.0 Å². The molecule has 1 atom stereocenters. The lowest BCUT2D eigenvalue weighted by atomic mass is 9.93. The first-order chi connectivity index (χ1) is 20.9. The molecule has 1 aliphatic heterocycles. The van der Waals surface area contributed by atoms with Crippen LogP contribution in [0.25, 0.3) is 23.1 Å². The summed E-state index contributed by atoms with van der Waals surface area (Å²) < 4.78 is 18.8. The molecular formula is C33H24Cl2N2O5S. The summed E-state index contributed by atoms with van der Waals surface area (Å²) in [5.74, 6) is 1.10. The number of hydrogen-bond acceptors (Lipinski definition) is 7. The third-order valence-corrected chi connectivity index (χ3v) is 8.43. The van der Waals surface area contributed by atoms with Gasteiger partial charge in [0.1, 0.15) is 17.3 Å². The number of halogens is 2. The number of carbonyl (C=O) groups excluding carboxylic acids is 1. The Kier molecular flexibility index (Phi) is 8.08. The van der Waals surface area contributed by atoms with Crippen LogP contribution in [0, 0.1) is 0 Å². The van der Waals surface area contributed by atoms with Crippen molar-refractivity contribution < 1.29 is 18.7 Å². The molecule has 216 valence electrons. The summed E-state index contributed by atoms with van der Waals surface area (Å²) >= 11 is 13.6. The van der Waals surface area contributed by atoms with Crippen LogP contribution in [0.1, 0.15) is 29.9 Å². The van der Waals surface area contributed by atoms with E-state index in [-0.39, 0.29) is 17.7 Å². The van der Waals surface area contributed by atoms with Gasteiger partial charge >= 0.3 is 5.97 Å². The highest BCUT2D eigenvalue weighted by Gasteiger charge is 2.35. The number of furan rings is 1. The maximum absolute atomic E-state index is 14.1. The summed E-state index contributed by atoms with van der Waals surface area (Å²) in [6.45, 7) is 1.91. The standard InChI is InChI=1S/C33H24Cl2N2O5S/c1-3-41-32(39)28-29(19-7-5-4-6-8-19)36-33-37(30(28)20-9-12-22(40-2)13-10-20)31(38)27(43-33)18-23-14-16-26(42-23)24-15-11-21(34)17-25(24)35/h4-18,30H,3H2,1-2H3/b27-18-. The van der Waals surface area contributed by atoms with E-state index in [4.69, 9.17) is 42.1 Å². The molecule has 6 rings (SSSR count). The molecule has 0 amide bonds. The molecule has 0 fully saturated rings. The minimum Gasteiger partial charge on any atom is -0.497 e. The van der Waals surface area contributed by atoms with Crippen molar-refractivity contribution in [3.63, 3.8) is 0 Å². The first kappa shape index (κ1) is 28.7. The van der Waals surface area contributed by atoms with Crippen LogP contribution in [0.15, 0.2) is 105 Å². The second-order valence-electron chi connectivity index (χ2n) is 9.53. The molecule has 7 nitrogen and oxygen atoms in total. The predicted octanol–water partition coefficient (Wildman–Crippen LogP) is 6.51. The molecule has 0 saturated carbocycles. The Hall–Kier alpha value is -4.37. The quantitative estimate of drug-likeness (QED) is 0.191. The van der Waals surface area contributed by atoms with Crippen molar-refractivity contribution in [2.75, 3.05) is 13.7 Å². The van der Waals surface area contributed by atoms with Gasteiger partial charge in [-0.3, -0.25) is 9.36 Å². The van der Waals surface area contributed by atoms with Crippen LogP contribution in [0.5, 0.6) is 5.75 Å². The van der Waals surface area contributed by atoms with Gasteiger partial charge in [0.15, 0.2) is 4.80 Å². The van der Waals surface area contributed by atoms with Crippen molar-refractivity contribution in [3.05, 3.63) is 137 Å². The first-order valence-corrected chi connectivity index (χ1v) is 14.9. The number of methoxy groups -OCH3 is 1. The van der Waals surface area contributed by atoms with Crippen molar-refractivity contribution in [1.29, 1.82) is 0 Å². The van der Waals surface area contributed by atoms with Gasteiger partial charge in [0.25, 0.3) is 5.56 Å². The molecule has 3 heterocycles. The van der Waals surface area contributed by atoms with Crippen LogP contribution in [0.4, 0.5) is 0 Å². The van der Waals surface area contributed by atoms with E-state index in [9.17, 15) is 9.59 Å². The van der Waals surface area contributed by atoms with Gasteiger partial charge < -0.3 is 13.9 Å². The van der Waals surface area contributed by atoms with Crippen LogP contribution in [0.3, 0.4) is 0 Å². The van der Waals surface area contributed by atoms with Crippen LogP contribution in [-0.2, 0) is 9.53 Å². The van der Waals surface area contributed by atoms with Crippen molar-refractivity contribution in [3.8, 4) is 17.1 Å². The summed E-state index contributed by atoms with van der Waals surface area (Å²) in [5.41, 5.74) is 2.52. The molecular weight excluding hydrogens is 607 g/mol. The average Bonchev–Trinajstić information content (AvgIpc) is 3.60. The van der Waals surface area contributed by atoms with Gasteiger partial charge in [-0.15, -0.1) is 0 Å². The maximum atomic E-state index is 14.1. The molecule has 43 heavy (non-hydrogen) atoms. The van der Waals surface area contributed by atoms with Crippen molar-refractivity contribution in [2.45, 2.75) is 13.0 Å².